The Morgan fingerprint density at radius 1 is 1.18 bits per heavy atom. The Hall–Kier alpha value is -1.79. The van der Waals surface area contributed by atoms with Crippen LogP contribution in [0.1, 0.15) is 52.1 Å². The first-order valence-electron chi connectivity index (χ1n) is 10.6. The molecule has 3 N–H and O–H groups in total. The molecule has 0 aliphatic carbocycles. The number of benzene rings is 1. The molecule has 0 bridgehead atoms. The summed E-state index contributed by atoms with van der Waals surface area (Å²) >= 11 is 0. The van der Waals surface area contributed by atoms with Gasteiger partial charge in [0.25, 0.3) is 0 Å². The number of aliphatic imine (C=N–C) groups is 1. The van der Waals surface area contributed by atoms with E-state index in [0.717, 1.165) is 51.0 Å². The predicted molar refractivity (Wildman–Crippen MR) is 118 cm³/mol. The number of likely N-dealkylation sites (tertiary alicyclic amines) is 1. The number of ether oxygens (including phenoxy) is 1. The summed E-state index contributed by atoms with van der Waals surface area (Å²) in [7, 11) is 1.72. The molecule has 1 aromatic carbocycles. The van der Waals surface area contributed by atoms with Crippen LogP contribution in [0.4, 0.5) is 0 Å². The van der Waals surface area contributed by atoms with Crippen molar-refractivity contribution >= 4 is 5.96 Å². The average Bonchev–Trinajstić information content (AvgIpc) is 3.19. The third kappa shape index (κ3) is 7.68. The van der Waals surface area contributed by atoms with Gasteiger partial charge in [-0.1, -0.05) is 12.1 Å². The normalized spacial score (nSPS) is 16.8. The minimum Gasteiger partial charge on any atom is -0.497 e. The van der Waals surface area contributed by atoms with E-state index in [1.54, 1.807) is 7.11 Å². The third-order valence-electron chi connectivity index (χ3n) is 4.90. The predicted octanol–water partition coefficient (Wildman–Crippen LogP) is 2.78. The van der Waals surface area contributed by atoms with Gasteiger partial charge in [-0.15, -0.1) is 0 Å². The number of guanidine groups is 1. The van der Waals surface area contributed by atoms with Gasteiger partial charge in [-0.3, -0.25) is 9.89 Å². The lowest BCUT2D eigenvalue weighted by molar-refractivity contribution is 0.251. The topological polar surface area (TPSA) is 60.9 Å². The Balaban J connectivity index is 2.04. The highest BCUT2D eigenvalue weighted by Gasteiger charge is 2.23. The fraction of sp³-hybridized carbons (Fsp3) is 0.682. The van der Waals surface area contributed by atoms with E-state index in [1.165, 1.54) is 18.4 Å². The Labute approximate surface area is 171 Å². The van der Waals surface area contributed by atoms with Crippen molar-refractivity contribution in [2.45, 2.75) is 52.1 Å². The van der Waals surface area contributed by atoms with Crippen molar-refractivity contribution in [2.75, 3.05) is 46.4 Å². The monoisotopic (exact) mass is 389 g/mol. The highest BCUT2D eigenvalue weighted by Crippen LogP contribution is 2.27. The molecule has 1 atom stereocenters. The number of nitrogens with one attached hydrogen (secondary N) is 3. The van der Waals surface area contributed by atoms with E-state index >= 15 is 0 Å². The Morgan fingerprint density at radius 3 is 2.57 bits per heavy atom. The van der Waals surface area contributed by atoms with Gasteiger partial charge >= 0.3 is 0 Å². The first kappa shape index (κ1) is 22.5. The molecule has 6 nitrogen and oxygen atoms in total. The number of hydrogen-bond acceptors (Lipinski definition) is 4. The SMILES string of the molecule is CCNC(=NCC(c1cccc(OC)c1)N1CCCC1)NCCNC(C)(C)C. The van der Waals surface area contributed by atoms with Crippen LogP contribution in [0, 0.1) is 0 Å². The van der Waals surface area contributed by atoms with Gasteiger partial charge in [0, 0.05) is 25.2 Å². The van der Waals surface area contributed by atoms with Gasteiger partial charge in [0.05, 0.1) is 19.7 Å². The maximum absolute atomic E-state index is 5.44. The number of methoxy groups -OCH3 is 1. The molecule has 1 aliphatic heterocycles. The number of rotatable bonds is 9. The molecule has 2 rings (SSSR count). The van der Waals surface area contributed by atoms with Crippen molar-refractivity contribution in [2.24, 2.45) is 4.99 Å². The molecule has 1 aliphatic rings. The minimum atomic E-state index is 0.129. The molecule has 6 heteroatoms. The molecule has 0 aromatic heterocycles. The smallest absolute Gasteiger partial charge is 0.191 e. The second kappa shape index (κ2) is 11.3. The van der Waals surface area contributed by atoms with Gasteiger partial charge in [0.2, 0.25) is 0 Å². The van der Waals surface area contributed by atoms with Crippen LogP contribution in [-0.2, 0) is 0 Å². The van der Waals surface area contributed by atoms with Crippen LogP contribution in [0.2, 0.25) is 0 Å². The van der Waals surface area contributed by atoms with Crippen molar-refractivity contribution in [1.29, 1.82) is 0 Å². The van der Waals surface area contributed by atoms with E-state index in [-0.39, 0.29) is 11.6 Å². The summed E-state index contributed by atoms with van der Waals surface area (Å²) in [6, 6.07) is 8.69. The summed E-state index contributed by atoms with van der Waals surface area (Å²) in [6.45, 7) is 14.2. The summed E-state index contributed by atoms with van der Waals surface area (Å²) < 4.78 is 5.44. The van der Waals surface area contributed by atoms with Crippen LogP contribution in [0.5, 0.6) is 5.75 Å². The average molecular weight is 390 g/mol. The van der Waals surface area contributed by atoms with Gasteiger partial charge < -0.3 is 20.7 Å². The van der Waals surface area contributed by atoms with Gasteiger partial charge in [-0.25, -0.2) is 0 Å². The Morgan fingerprint density at radius 2 is 1.93 bits per heavy atom. The molecule has 0 amide bonds. The van der Waals surface area contributed by atoms with E-state index in [4.69, 9.17) is 9.73 Å². The summed E-state index contributed by atoms with van der Waals surface area (Å²) in [4.78, 5) is 7.45. The Kier molecular flexibility index (Phi) is 9.06. The molecule has 1 saturated heterocycles. The zero-order chi connectivity index (χ0) is 20.4. The van der Waals surface area contributed by atoms with Crippen LogP contribution in [0.3, 0.4) is 0 Å². The van der Waals surface area contributed by atoms with Crippen molar-refractivity contribution in [1.82, 2.24) is 20.9 Å². The van der Waals surface area contributed by atoms with E-state index in [2.05, 4.69) is 66.7 Å². The minimum absolute atomic E-state index is 0.129. The maximum atomic E-state index is 5.44. The molecule has 0 saturated carbocycles. The first-order chi connectivity index (χ1) is 13.4. The first-order valence-corrected chi connectivity index (χ1v) is 10.6. The lowest BCUT2D eigenvalue weighted by Gasteiger charge is -2.27. The number of nitrogens with zero attached hydrogens (tertiary/aromatic N) is 2. The zero-order valence-corrected chi connectivity index (χ0v) is 18.3. The van der Waals surface area contributed by atoms with Crippen molar-refractivity contribution in [3.63, 3.8) is 0 Å². The maximum Gasteiger partial charge on any atom is 0.191 e. The van der Waals surface area contributed by atoms with E-state index in [1.807, 2.05) is 6.07 Å². The van der Waals surface area contributed by atoms with E-state index < -0.39 is 0 Å². The van der Waals surface area contributed by atoms with Gasteiger partial charge in [0.15, 0.2) is 5.96 Å². The highest BCUT2D eigenvalue weighted by atomic mass is 16.5. The standard InChI is InChI=1S/C22H39N5O/c1-6-23-21(24-12-13-26-22(2,3)4)25-17-20(27-14-7-8-15-27)18-10-9-11-19(16-18)28-5/h9-11,16,20,26H,6-8,12-15,17H2,1-5H3,(H2,23,24,25). The molecular formula is C22H39N5O. The molecule has 158 valence electrons. The van der Waals surface area contributed by atoms with Crippen LogP contribution < -0.4 is 20.7 Å². The van der Waals surface area contributed by atoms with Crippen LogP contribution in [-0.4, -0.2) is 62.8 Å². The molecular weight excluding hydrogens is 350 g/mol. The fourth-order valence-corrected chi connectivity index (χ4v) is 3.47. The van der Waals surface area contributed by atoms with Crippen LogP contribution in [0.25, 0.3) is 0 Å². The quantitative estimate of drug-likeness (QED) is 0.344. The van der Waals surface area contributed by atoms with Crippen molar-refractivity contribution in [3.8, 4) is 5.75 Å². The van der Waals surface area contributed by atoms with Gasteiger partial charge in [0.1, 0.15) is 5.75 Å². The molecule has 1 unspecified atom stereocenters. The third-order valence-corrected chi connectivity index (χ3v) is 4.90. The molecule has 0 radical (unpaired) electrons. The number of hydrogen-bond donors (Lipinski definition) is 3. The Bertz CT molecular complexity index is 605. The lowest BCUT2D eigenvalue weighted by Crippen LogP contribution is -2.44. The van der Waals surface area contributed by atoms with E-state index in [0.29, 0.717) is 0 Å². The summed E-state index contributed by atoms with van der Waals surface area (Å²) in [6.07, 6.45) is 2.53. The van der Waals surface area contributed by atoms with Gasteiger partial charge in [-0.05, 0) is 71.3 Å². The molecule has 0 spiro atoms. The zero-order valence-electron chi connectivity index (χ0n) is 18.3. The van der Waals surface area contributed by atoms with Gasteiger partial charge in [-0.2, -0.15) is 0 Å². The second-order valence-electron chi connectivity index (χ2n) is 8.36. The molecule has 1 aromatic rings. The molecule has 1 heterocycles. The lowest BCUT2D eigenvalue weighted by atomic mass is 10.1. The van der Waals surface area contributed by atoms with Crippen LogP contribution >= 0.6 is 0 Å². The van der Waals surface area contributed by atoms with E-state index in [9.17, 15) is 0 Å². The summed E-state index contributed by atoms with van der Waals surface area (Å²) in [5, 5.41) is 10.3. The fourth-order valence-electron chi connectivity index (χ4n) is 3.47. The summed E-state index contributed by atoms with van der Waals surface area (Å²) in [5.74, 6) is 1.79. The van der Waals surface area contributed by atoms with Crippen LogP contribution in [0.15, 0.2) is 29.3 Å². The molecule has 1 fully saturated rings. The molecule has 28 heavy (non-hydrogen) atoms. The van der Waals surface area contributed by atoms with Crippen molar-refractivity contribution in [3.05, 3.63) is 29.8 Å². The summed E-state index contributed by atoms with van der Waals surface area (Å²) in [5.41, 5.74) is 1.40. The second-order valence-corrected chi connectivity index (χ2v) is 8.36. The van der Waals surface area contributed by atoms with Crippen molar-refractivity contribution < 1.29 is 4.74 Å². The largest absolute Gasteiger partial charge is 0.497 e. The highest BCUT2D eigenvalue weighted by molar-refractivity contribution is 5.79.